The number of hydrogen-bond acceptors (Lipinski definition) is 4. The van der Waals surface area contributed by atoms with Gasteiger partial charge >= 0.3 is 0 Å². The molecule has 1 unspecified atom stereocenters. The van der Waals surface area contributed by atoms with Crippen molar-refractivity contribution in [3.8, 4) is 0 Å². The molecular formula is C22H26N4O2. The fourth-order valence-electron chi connectivity index (χ4n) is 4.41. The van der Waals surface area contributed by atoms with Gasteiger partial charge in [-0.3, -0.25) is 14.6 Å². The Morgan fingerprint density at radius 3 is 2.79 bits per heavy atom. The molecule has 6 heteroatoms. The summed E-state index contributed by atoms with van der Waals surface area (Å²) in [4.78, 5) is 36.7. The molecule has 2 aliphatic rings. The molecule has 1 N–H and O–H groups in total. The van der Waals surface area contributed by atoms with Crippen molar-refractivity contribution in [2.75, 3.05) is 32.1 Å². The third kappa shape index (κ3) is 3.35. The number of aromatic amines is 1. The quantitative estimate of drug-likeness (QED) is 0.833. The van der Waals surface area contributed by atoms with Crippen LogP contribution in [-0.4, -0.2) is 48.0 Å². The average Bonchev–Trinajstić information content (AvgIpc) is 3.05. The highest BCUT2D eigenvalue weighted by Gasteiger charge is 2.45. The van der Waals surface area contributed by atoms with Crippen molar-refractivity contribution < 1.29 is 4.79 Å². The van der Waals surface area contributed by atoms with E-state index in [9.17, 15) is 9.59 Å². The molecule has 1 aliphatic carbocycles. The van der Waals surface area contributed by atoms with Crippen LogP contribution < -0.4 is 10.5 Å². The Labute approximate surface area is 164 Å². The number of H-pyrrole nitrogens is 1. The van der Waals surface area contributed by atoms with Crippen molar-refractivity contribution in [1.29, 1.82) is 0 Å². The van der Waals surface area contributed by atoms with Crippen LogP contribution in [0.25, 0.3) is 6.08 Å². The maximum atomic E-state index is 12.8. The van der Waals surface area contributed by atoms with E-state index in [-0.39, 0.29) is 16.9 Å². The van der Waals surface area contributed by atoms with Crippen LogP contribution in [0.1, 0.15) is 36.1 Å². The molecule has 1 fully saturated rings. The molecule has 28 heavy (non-hydrogen) atoms. The third-order valence-corrected chi connectivity index (χ3v) is 5.89. The minimum atomic E-state index is -0.206. The van der Waals surface area contributed by atoms with Gasteiger partial charge in [0.2, 0.25) is 11.9 Å². The van der Waals surface area contributed by atoms with Gasteiger partial charge in [-0.25, -0.2) is 4.98 Å². The fraction of sp³-hybridized carbons (Fsp3) is 0.409. The van der Waals surface area contributed by atoms with Crippen LogP contribution in [0.3, 0.4) is 0 Å². The lowest BCUT2D eigenvalue weighted by atomic mass is 9.77. The van der Waals surface area contributed by atoms with E-state index in [0.717, 1.165) is 49.0 Å². The van der Waals surface area contributed by atoms with Crippen LogP contribution in [0.5, 0.6) is 0 Å². The summed E-state index contributed by atoms with van der Waals surface area (Å²) in [6.07, 6.45) is 7.01. The maximum absolute atomic E-state index is 12.8. The van der Waals surface area contributed by atoms with Gasteiger partial charge in [-0.1, -0.05) is 30.3 Å². The fourth-order valence-corrected chi connectivity index (χ4v) is 4.41. The first kappa shape index (κ1) is 18.5. The first-order chi connectivity index (χ1) is 13.5. The second kappa shape index (κ2) is 7.26. The Kier molecular flexibility index (Phi) is 4.79. The van der Waals surface area contributed by atoms with Crippen LogP contribution in [0.2, 0.25) is 0 Å². The van der Waals surface area contributed by atoms with Gasteiger partial charge in [0.25, 0.3) is 5.56 Å². The number of amides is 1. The largest absolute Gasteiger partial charge is 0.348 e. The standard InChI is InChI=1S/C22H26N4O2/c1-25(2)21-23-19-17(20(28)24-21)11-13-22(19)12-6-14-26(15-22)18(27)10-9-16-7-4-3-5-8-16/h3-5,7-10H,6,11-15H2,1-2H3,(H,23,24,28). The monoisotopic (exact) mass is 378 g/mol. The number of benzene rings is 1. The molecule has 2 aromatic rings. The van der Waals surface area contributed by atoms with Crippen molar-refractivity contribution in [2.45, 2.75) is 31.1 Å². The van der Waals surface area contributed by atoms with E-state index in [0.29, 0.717) is 12.5 Å². The molecule has 146 valence electrons. The minimum Gasteiger partial charge on any atom is -0.348 e. The van der Waals surface area contributed by atoms with Gasteiger partial charge in [-0.2, -0.15) is 0 Å². The molecule has 1 aromatic carbocycles. The van der Waals surface area contributed by atoms with Crippen LogP contribution >= 0.6 is 0 Å². The van der Waals surface area contributed by atoms with Crippen molar-refractivity contribution in [1.82, 2.24) is 14.9 Å². The van der Waals surface area contributed by atoms with Crippen LogP contribution in [0.15, 0.2) is 41.2 Å². The molecule has 0 bridgehead atoms. The van der Waals surface area contributed by atoms with Gasteiger partial charge in [0.05, 0.1) is 5.69 Å². The Morgan fingerprint density at radius 1 is 1.25 bits per heavy atom. The summed E-state index contributed by atoms with van der Waals surface area (Å²) >= 11 is 0. The number of hydrogen-bond donors (Lipinski definition) is 1. The lowest BCUT2D eigenvalue weighted by Gasteiger charge is -2.40. The van der Waals surface area contributed by atoms with Gasteiger partial charge < -0.3 is 9.80 Å². The van der Waals surface area contributed by atoms with E-state index in [4.69, 9.17) is 4.98 Å². The van der Waals surface area contributed by atoms with Crippen LogP contribution in [0.4, 0.5) is 5.95 Å². The number of fused-ring (bicyclic) bond motifs is 2. The summed E-state index contributed by atoms with van der Waals surface area (Å²) in [6, 6.07) is 9.84. The summed E-state index contributed by atoms with van der Waals surface area (Å²) < 4.78 is 0. The molecule has 4 rings (SSSR count). The van der Waals surface area contributed by atoms with E-state index in [1.807, 2.05) is 60.3 Å². The Hall–Kier alpha value is -2.89. The van der Waals surface area contributed by atoms with Crippen LogP contribution in [0, 0.1) is 0 Å². The maximum Gasteiger partial charge on any atom is 0.255 e. The van der Waals surface area contributed by atoms with Crippen molar-refractivity contribution in [3.05, 3.63) is 63.6 Å². The summed E-state index contributed by atoms with van der Waals surface area (Å²) in [5.74, 6) is 0.603. The minimum absolute atomic E-state index is 0.0223. The molecule has 2 heterocycles. The number of piperidine rings is 1. The number of anilines is 1. The second-order valence-corrected chi connectivity index (χ2v) is 8.00. The smallest absolute Gasteiger partial charge is 0.255 e. The number of carbonyl (C=O) groups excluding carboxylic acids is 1. The predicted molar refractivity (Wildman–Crippen MR) is 110 cm³/mol. The van der Waals surface area contributed by atoms with Crippen molar-refractivity contribution in [2.24, 2.45) is 0 Å². The molecule has 1 amide bonds. The molecule has 1 atom stereocenters. The molecule has 0 saturated carbocycles. The van der Waals surface area contributed by atoms with Gasteiger partial charge in [0.15, 0.2) is 0 Å². The summed E-state index contributed by atoms with van der Waals surface area (Å²) in [5.41, 5.74) is 2.45. The highest BCUT2D eigenvalue weighted by atomic mass is 16.2. The zero-order chi connectivity index (χ0) is 19.7. The third-order valence-electron chi connectivity index (χ3n) is 5.89. The lowest BCUT2D eigenvalue weighted by Crippen LogP contribution is -2.47. The zero-order valence-corrected chi connectivity index (χ0v) is 16.4. The summed E-state index contributed by atoms with van der Waals surface area (Å²) in [7, 11) is 3.74. The molecule has 1 spiro atoms. The van der Waals surface area contributed by atoms with Crippen molar-refractivity contribution >= 4 is 17.9 Å². The number of aromatic nitrogens is 2. The number of rotatable bonds is 3. The molecule has 0 radical (unpaired) electrons. The summed E-state index contributed by atoms with van der Waals surface area (Å²) in [6.45, 7) is 1.38. The van der Waals surface area contributed by atoms with Gasteiger partial charge in [-0.15, -0.1) is 0 Å². The van der Waals surface area contributed by atoms with E-state index >= 15 is 0 Å². The Balaban J connectivity index is 1.59. The van der Waals surface area contributed by atoms with Gasteiger partial charge in [0, 0.05) is 44.2 Å². The molecular weight excluding hydrogens is 352 g/mol. The first-order valence-corrected chi connectivity index (χ1v) is 9.82. The highest BCUT2D eigenvalue weighted by molar-refractivity contribution is 5.92. The van der Waals surface area contributed by atoms with E-state index < -0.39 is 0 Å². The predicted octanol–water partition coefficient (Wildman–Crippen LogP) is 2.36. The number of nitrogens with one attached hydrogen (secondary N) is 1. The van der Waals surface area contributed by atoms with Crippen molar-refractivity contribution in [3.63, 3.8) is 0 Å². The second-order valence-electron chi connectivity index (χ2n) is 8.00. The molecule has 1 aromatic heterocycles. The lowest BCUT2D eigenvalue weighted by molar-refractivity contribution is -0.128. The van der Waals surface area contributed by atoms with E-state index in [1.165, 1.54) is 0 Å². The molecule has 1 aliphatic heterocycles. The molecule has 1 saturated heterocycles. The Morgan fingerprint density at radius 2 is 2.04 bits per heavy atom. The normalized spacial score (nSPS) is 21.3. The number of carbonyl (C=O) groups is 1. The van der Waals surface area contributed by atoms with E-state index in [2.05, 4.69) is 4.98 Å². The number of nitrogens with zero attached hydrogens (tertiary/aromatic N) is 3. The van der Waals surface area contributed by atoms with Crippen LogP contribution in [-0.2, 0) is 16.6 Å². The average molecular weight is 378 g/mol. The van der Waals surface area contributed by atoms with Gasteiger partial charge in [-0.05, 0) is 37.3 Å². The number of likely N-dealkylation sites (tertiary alicyclic amines) is 1. The highest BCUT2D eigenvalue weighted by Crippen LogP contribution is 2.43. The first-order valence-electron chi connectivity index (χ1n) is 9.82. The van der Waals surface area contributed by atoms with Gasteiger partial charge in [0.1, 0.15) is 0 Å². The zero-order valence-electron chi connectivity index (χ0n) is 16.4. The molecule has 6 nitrogen and oxygen atoms in total. The topological polar surface area (TPSA) is 69.3 Å². The Bertz CT molecular complexity index is 964. The SMILES string of the molecule is CN(C)c1nc2c(c(=O)[nH]1)CCC21CCCN(C(=O)C=Cc2ccccc2)C1. The van der Waals surface area contributed by atoms with E-state index in [1.54, 1.807) is 6.08 Å². The summed E-state index contributed by atoms with van der Waals surface area (Å²) in [5, 5.41) is 0.